The number of anilines is 1. The molecule has 1 aromatic rings. The number of alkyl halides is 3. The Balaban J connectivity index is 1.86. The van der Waals surface area contributed by atoms with Crippen molar-refractivity contribution >= 4 is 17.5 Å². The first-order valence-electron chi connectivity index (χ1n) is 8.01. The second kappa shape index (κ2) is 5.19. The fourth-order valence-electron chi connectivity index (χ4n) is 4.43. The van der Waals surface area contributed by atoms with Crippen LogP contribution in [0.25, 0.3) is 0 Å². The molecule has 2 fully saturated rings. The molecule has 4 atom stereocenters. The molecule has 1 aromatic carbocycles. The molecule has 0 N–H and O–H groups in total. The van der Waals surface area contributed by atoms with E-state index in [4.69, 9.17) is 5.26 Å². The van der Waals surface area contributed by atoms with Crippen molar-refractivity contribution < 1.29 is 22.8 Å². The van der Waals surface area contributed by atoms with Gasteiger partial charge in [0.05, 0.1) is 34.7 Å². The minimum absolute atomic E-state index is 0.107. The van der Waals surface area contributed by atoms with E-state index in [-0.39, 0.29) is 11.8 Å². The summed E-state index contributed by atoms with van der Waals surface area (Å²) in [5.74, 6) is -2.58. The Morgan fingerprint density at radius 2 is 1.60 bits per heavy atom. The van der Waals surface area contributed by atoms with Crippen molar-refractivity contribution in [1.82, 2.24) is 0 Å². The zero-order valence-corrected chi connectivity index (χ0v) is 13.0. The maximum Gasteiger partial charge on any atom is 0.419 e. The van der Waals surface area contributed by atoms with Gasteiger partial charge in [-0.25, -0.2) is 4.90 Å². The van der Waals surface area contributed by atoms with Crippen molar-refractivity contribution in [3.63, 3.8) is 0 Å². The van der Waals surface area contributed by atoms with E-state index in [2.05, 4.69) is 0 Å². The average molecular weight is 346 g/mol. The number of nitrogens with zero attached hydrogens (tertiary/aromatic N) is 2. The lowest BCUT2D eigenvalue weighted by atomic mass is 9.63. The molecule has 0 radical (unpaired) electrons. The van der Waals surface area contributed by atoms with Gasteiger partial charge in [-0.3, -0.25) is 9.59 Å². The Labute approximate surface area is 141 Å². The molecule has 2 amide bonds. The molecular formula is C18H13F3N2O2. The summed E-state index contributed by atoms with van der Waals surface area (Å²) < 4.78 is 40.6. The molecule has 7 heteroatoms. The minimum atomic E-state index is -4.84. The lowest BCUT2D eigenvalue weighted by molar-refractivity contribution is -0.137. The first-order chi connectivity index (χ1) is 11.8. The standard InChI is InChI=1S/C18H13F3N2O2/c19-18(20,21)15-11(8-22)2-1-3-12(15)23-16(24)13-9-4-5-10(7-6-9)14(13)17(23)25/h1-5,9-10,13-14H,6-7H2. The Bertz CT molecular complexity index is 821. The largest absolute Gasteiger partial charge is 0.419 e. The fraction of sp³-hybridized carbons (Fsp3) is 0.389. The molecule has 0 aromatic heterocycles. The van der Waals surface area contributed by atoms with Gasteiger partial charge in [0.15, 0.2) is 0 Å². The van der Waals surface area contributed by atoms with Gasteiger partial charge in [0, 0.05) is 0 Å². The Hall–Kier alpha value is -2.62. The number of carbonyl (C=O) groups excluding carboxylic acids is 2. The summed E-state index contributed by atoms with van der Waals surface area (Å²) >= 11 is 0. The molecule has 25 heavy (non-hydrogen) atoms. The van der Waals surface area contributed by atoms with Gasteiger partial charge in [-0.2, -0.15) is 18.4 Å². The number of imide groups is 1. The highest BCUT2D eigenvalue weighted by molar-refractivity contribution is 6.23. The molecule has 0 spiro atoms. The van der Waals surface area contributed by atoms with Crippen LogP contribution >= 0.6 is 0 Å². The Morgan fingerprint density at radius 3 is 2.04 bits per heavy atom. The van der Waals surface area contributed by atoms with Gasteiger partial charge in [-0.1, -0.05) is 18.2 Å². The number of rotatable bonds is 1. The van der Waals surface area contributed by atoms with Crippen LogP contribution in [-0.4, -0.2) is 11.8 Å². The van der Waals surface area contributed by atoms with Crippen molar-refractivity contribution in [1.29, 1.82) is 5.26 Å². The number of halogens is 3. The third-order valence-electron chi connectivity index (χ3n) is 5.45. The predicted octanol–water partition coefficient (Wildman–Crippen LogP) is 3.28. The van der Waals surface area contributed by atoms with Crippen LogP contribution < -0.4 is 4.90 Å². The van der Waals surface area contributed by atoms with Crippen molar-refractivity contribution in [3.05, 3.63) is 41.5 Å². The van der Waals surface area contributed by atoms with Crippen LogP contribution in [0.1, 0.15) is 24.0 Å². The van der Waals surface area contributed by atoms with Crippen LogP contribution in [0.2, 0.25) is 0 Å². The van der Waals surface area contributed by atoms with E-state index in [1.54, 1.807) is 0 Å². The van der Waals surface area contributed by atoms with Crippen molar-refractivity contribution in [2.45, 2.75) is 19.0 Å². The summed E-state index contributed by atoms with van der Waals surface area (Å²) in [6.45, 7) is 0. The molecule has 128 valence electrons. The molecule has 1 heterocycles. The second-order valence-corrected chi connectivity index (χ2v) is 6.66. The summed E-state index contributed by atoms with van der Waals surface area (Å²) in [5, 5.41) is 9.03. The van der Waals surface area contributed by atoms with Crippen LogP contribution in [0.3, 0.4) is 0 Å². The molecule has 2 bridgehead atoms. The maximum atomic E-state index is 13.5. The number of benzene rings is 1. The molecular weight excluding hydrogens is 333 g/mol. The van der Waals surface area contributed by atoms with Crippen molar-refractivity contribution in [3.8, 4) is 6.07 Å². The fourth-order valence-corrected chi connectivity index (χ4v) is 4.43. The lowest BCUT2D eigenvalue weighted by Crippen LogP contribution is -2.38. The number of amides is 2. The average Bonchev–Trinajstić information content (AvgIpc) is 2.87. The molecule has 4 aliphatic rings. The summed E-state index contributed by atoms with van der Waals surface area (Å²) in [5.41, 5.74) is -2.35. The van der Waals surface area contributed by atoms with E-state index in [9.17, 15) is 22.8 Å². The number of nitriles is 1. The third-order valence-corrected chi connectivity index (χ3v) is 5.45. The monoisotopic (exact) mass is 346 g/mol. The second-order valence-electron chi connectivity index (χ2n) is 6.66. The molecule has 1 aliphatic heterocycles. The minimum Gasteiger partial charge on any atom is -0.274 e. The highest BCUT2D eigenvalue weighted by Crippen LogP contribution is 2.51. The highest BCUT2D eigenvalue weighted by Gasteiger charge is 2.58. The first kappa shape index (κ1) is 15.9. The zero-order valence-electron chi connectivity index (χ0n) is 13.0. The van der Waals surface area contributed by atoms with E-state index < -0.39 is 46.6 Å². The molecule has 1 saturated heterocycles. The normalized spacial score (nSPS) is 30.6. The summed E-state index contributed by atoms with van der Waals surface area (Å²) in [4.78, 5) is 26.3. The van der Waals surface area contributed by atoms with E-state index in [0.29, 0.717) is 4.90 Å². The number of hydrogen-bond donors (Lipinski definition) is 0. The SMILES string of the molecule is N#Cc1cccc(N2C(=O)C3C4C=CC(CC4)C3C2=O)c1C(F)(F)F. The van der Waals surface area contributed by atoms with E-state index >= 15 is 0 Å². The molecule has 4 nitrogen and oxygen atoms in total. The van der Waals surface area contributed by atoms with Crippen LogP contribution in [0.5, 0.6) is 0 Å². The van der Waals surface area contributed by atoms with Crippen LogP contribution in [-0.2, 0) is 15.8 Å². The number of hydrogen-bond acceptors (Lipinski definition) is 3. The number of allylic oxidation sites excluding steroid dienone is 2. The van der Waals surface area contributed by atoms with Crippen molar-refractivity contribution in [2.75, 3.05) is 4.90 Å². The van der Waals surface area contributed by atoms with E-state index in [1.165, 1.54) is 12.1 Å². The van der Waals surface area contributed by atoms with Gasteiger partial charge in [0.1, 0.15) is 0 Å². The maximum absolute atomic E-state index is 13.5. The number of fused-ring (bicyclic) bond motifs is 1. The predicted molar refractivity (Wildman–Crippen MR) is 81.0 cm³/mol. The van der Waals surface area contributed by atoms with Crippen molar-refractivity contribution in [2.24, 2.45) is 23.7 Å². The van der Waals surface area contributed by atoms with Crippen LogP contribution in [0.4, 0.5) is 18.9 Å². The van der Waals surface area contributed by atoms with Gasteiger partial charge < -0.3 is 0 Å². The van der Waals surface area contributed by atoms with Crippen LogP contribution in [0, 0.1) is 35.0 Å². The quantitative estimate of drug-likeness (QED) is 0.579. The lowest BCUT2D eigenvalue weighted by Gasteiger charge is -2.38. The van der Waals surface area contributed by atoms with E-state index in [0.717, 1.165) is 25.0 Å². The summed E-state index contributed by atoms with van der Waals surface area (Å²) in [6, 6.07) is 4.90. The zero-order chi connectivity index (χ0) is 17.9. The van der Waals surface area contributed by atoms with E-state index in [1.807, 2.05) is 12.2 Å². The third kappa shape index (κ3) is 2.13. The highest BCUT2D eigenvalue weighted by atomic mass is 19.4. The topological polar surface area (TPSA) is 61.2 Å². The molecule has 4 unspecified atom stereocenters. The summed E-state index contributed by atoms with van der Waals surface area (Å²) in [6.07, 6.45) is 0.493. The van der Waals surface area contributed by atoms with Gasteiger partial charge >= 0.3 is 6.18 Å². The first-order valence-corrected chi connectivity index (χ1v) is 8.01. The summed E-state index contributed by atoms with van der Waals surface area (Å²) in [7, 11) is 0. The van der Waals surface area contributed by atoms with Gasteiger partial charge in [-0.15, -0.1) is 0 Å². The smallest absolute Gasteiger partial charge is 0.274 e. The van der Waals surface area contributed by atoms with Gasteiger partial charge in [-0.05, 0) is 36.8 Å². The van der Waals surface area contributed by atoms with Gasteiger partial charge in [0.25, 0.3) is 0 Å². The molecule has 1 saturated carbocycles. The molecule has 3 aliphatic carbocycles. The Morgan fingerprint density at radius 1 is 1.04 bits per heavy atom. The van der Waals surface area contributed by atoms with Crippen LogP contribution in [0.15, 0.2) is 30.4 Å². The number of carbonyl (C=O) groups is 2. The Kier molecular flexibility index (Phi) is 3.29. The molecule has 5 rings (SSSR count). The van der Waals surface area contributed by atoms with Gasteiger partial charge in [0.2, 0.25) is 11.8 Å².